The number of carbonyl (C=O) groups excluding carboxylic acids is 1. The summed E-state index contributed by atoms with van der Waals surface area (Å²) in [5.74, 6) is -1.48. The fourth-order valence-corrected chi connectivity index (χ4v) is 1.78. The molecule has 0 radical (unpaired) electrons. The van der Waals surface area contributed by atoms with E-state index in [1.807, 2.05) is 0 Å². The Labute approximate surface area is 91.8 Å². The van der Waals surface area contributed by atoms with E-state index < -0.39 is 17.7 Å². The standard InChI is InChI=1S/C11H12F2N2O/c1-6-4-8(13)10(5-7(6)12)15-3-2-9(14)11(15)16/h4-5,9H,2-3,14H2,1H3. The number of aryl methyl sites for hydroxylation is 1. The largest absolute Gasteiger partial charge is 0.320 e. The van der Waals surface area contributed by atoms with Crippen LogP contribution in [0.5, 0.6) is 0 Å². The molecule has 86 valence electrons. The normalized spacial score (nSPS) is 20.6. The predicted molar refractivity (Wildman–Crippen MR) is 56.0 cm³/mol. The van der Waals surface area contributed by atoms with Crippen LogP contribution in [0.4, 0.5) is 14.5 Å². The van der Waals surface area contributed by atoms with Gasteiger partial charge in [0.15, 0.2) is 0 Å². The summed E-state index contributed by atoms with van der Waals surface area (Å²) in [6, 6.07) is 1.52. The molecule has 1 atom stereocenters. The average molecular weight is 226 g/mol. The summed E-state index contributed by atoms with van der Waals surface area (Å²) in [6.45, 7) is 1.80. The van der Waals surface area contributed by atoms with Gasteiger partial charge in [0.2, 0.25) is 5.91 Å². The minimum atomic E-state index is -0.608. The third-order valence-electron chi connectivity index (χ3n) is 2.77. The topological polar surface area (TPSA) is 46.3 Å². The first-order valence-corrected chi connectivity index (χ1v) is 5.03. The Morgan fingerprint density at radius 2 is 2.06 bits per heavy atom. The number of halogens is 2. The van der Waals surface area contributed by atoms with Gasteiger partial charge in [-0.2, -0.15) is 0 Å². The van der Waals surface area contributed by atoms with E-state index >= 15 is 0 Å². The van der Waals surface area contributed by atoms with Gasteiger partial charge in [-0.1, -0.05) is 0 Å². The van der Waals surface area contributed by atoms with Crippen LogP contribution in [-0.2, 0) is 4.79 Å². The first-order valence-electron chi connectivity index (χ1n) is 5.03. The van der Waals surface area contributed by atoms with Crippen molar-refractivity contribution in [2.24, 2.45) is 5.73 Å². The number of anilines is 1. The number of carbonyl (C=O) groups is 1. The first kappa shape index (κ1) is 11.0. The van der Waals surface area contributed by atoms with Crippen LogP contribution in [0.1, 0.15) is 12.0 Å². The number of rotatable bonds is 1. The van der Waals surface area contributed by atoms with E-state index in [1.165, 1.54) is 11.8 Å². The molecule has 1 saturated heterocycles. The second-order valence-electron chi connectivity index (χ2n) is 3.94. The number of hydrogen-bond acceptors (Lipinski definition) is 2. The Hall–Kier alpha value is -1.49. The van der Waals surface area contributed by atoms with E-state index in [0.717, 1.165) is 12.1 Å². The van der Waals surface area contributed by atoms with Gasteiger partial charge in [-0.25, -0.2) is 8.78 Å². The van der Waals surface area contributed by atoms with Crippen LogP contribution in [-0.4, -0.2) is 18.5 Å². The Kier molecular flexibility index (Phi) is 2.63. The maximum absolute atomic E-state index is 13.6. The van der Waals surface area contributed by atoms with Gasteiger partial charge in [0, 0.05) is 12.6 Å². The van der Waals surface area contributed by atoms with Crippen LogP contribution in [0.25, 0.3) is 0 Å². The summed E-state index contributed by atoms with van der Waals surface area (Å²) in [5, 5.41) is 0. The van der Waals surface area contributed by atoms with Crippen LogP contribution in [0.15, 0.2) is 12.1 Å². The lowest BCUT2D eigenvalue weighted by Crippen LogP contribution is -2.34. The molecular formula is C11H12F2N2O. The first-order chi connectivity index (χ1) is 7.50. The Bertz CT molecular complexity index is 448. The second-order valence-corrected chi connectivity index (χ2v) is 3.94. The van der Waals surface area contributed by atoms with Crippen molar-refractivity contribution < 1.29 is 13.6 Å². The molecular weight excluding hydrogens is 214 g/mol. The maximum atomic E-state index is 13.6. The smallest absolute Gasteiger partial charge is 0.244 e. The van der Waals surface area contributed by atoms with E-state index in [4.69, 9.17) is 5.73 Å². The maximum Gasteiger partial charge on any atom is 0.244 e. The molecule has 16 heavy (non-hydrogen) atoms. The Morgan fingerprint density at radius 3 is 2.62 bits per heavy atom. The number of nitrogens with two attached hydrogens (primary N) is 1. The van der Waals surface area contributed by atoms with Crippen molar-refractivity contribution in [3.05, 3.63) is 29.3 Å². The number of amides is 1. The van der Waals surface area contributed by atoms with E-state index in [9.17, 15) is 13.6 Å². The molecule has 2 rings (SSSR count). The summed E-state index contributed by atoms with van der Waals surface area (Å²) in [7, 11) is 0. The van der Waals surface area contributed by atoms with Gasteiger partial charge < -0.3 is 10.6 Å². The fourth-order valence-electron chi connectivity index (χ4n) is 1.78. The molecule has 1 fully saturated rings. The number of hydrogen-bond donors (Lipinski definition) is 1. The molecule has 1 aromatic carbocycles. The highest BCUT2D eigenvalue weighted by Crippen LogP contribution is 2.26. The zero-order chi connectivity index (χ0) is 11.9. The SMILES string of the molecule is Cc1cc(F)c(N2CCC(N)C2=O)cc1F. The van der Waals surface area contributed by atoms with Crippen molar-refractivity contribution in [1.29, 1.82) is 0 Å². The lowest BCUT2D eigenvalue weighted by Gasteiger charge is -2.17. The molecule has 0 bridgehead atoms. The van der Waals surface area contributed by atoms with Crippen LogP contribution >= 0.6 is 0 Å². The zero-order valence-corrected chi connectivity index (χ0v) is 8.84. The molecule has 1 amide bonds. The minimum absolute atomic E-state index is 0.0268. The quantitative estimate of drug-likeness (QED) is 0.785. The van der Waals surface area contributed by atoms with Gasteiger partial charge in [0.05, 0.1) is 11.7 Å². The fraction of sp³-hybridized carbons (Fsp3) is 0.364. The summed E-state index contributed by atoms with van der Waals surface area (Å²) in [6.07, 6.45) is 0.466. The molecule has 0 aromatic heterocycles. The van der Waals surface area contributed by atoms with Gasteiger partial charge in [-0.15, -0.1) is 0 Å². The van der Waals surface area contributed by atoms with Gasteiger partial charge in [0.1, 0.15) is 11.6 Å². The molecule has 0 saturated carbocycles. The summed E-state index contributed by atoms with van der Waals surface area (Å²) >= 11 is 0. The number of nitrogens with zero attached hydrogens (tertiary/aromatic N) is 1. The molecule has 1 aliphatic rings. The molecule has 0 spiro atoms. The van der Waals surface area contributed by atoms with Crippen molar-refractivity contribution in [2.45, 2.75) is 19.4 Å². The second kappa shape index (κ2) is 3.83. The van der Waals surface area contributed by atoms with Crippen molar-refractivity contribution >= 4 is 11.6 Å². The molecule has 1 aliphatic heterocycles. The minimum Gasteiger partial charge on any atom is -0.320 e. The van der Waals surface area contributed by atoms with E-state index in [1.54, 1.807) is 0 Å². The molecule has 1 aromatic rings. The lowest BCUT2D eigenvalue weighted by atomic mass is 10.2. The van der Waals surface area contributed by atoms with Crippen LogP contribution < -0.4 is 10.6 Å². The highest BCUT2D eigenvalue weighted by molar-refractivity contribution is 5.99. The van der Waals surface area contributed by atoms with E-state index in [0.29, 0.717) is 13.0 Å². The predicted octanol–water partition coefficient (Wildman–Crippen LogP) is 1.34. The summed E-state index contributed by atoms with van der Waals surface area (Å²) in [4.78, 5) is 12.8. The van der Waals surface area contributed by atoms with Crippen molar-refractivity contribution in [3.8, 4) is 0 Å². The van der Waals surface area contributed by atoms with E-state index in [-0.39, 0.29) is 17.2 Å². The highest BCUT2D eigenvalue weighted by Gasteiger charge is 2.31. The third kappa shape index (κ3) is 1.67. The Morgan fingerprint density at radius 1 is 1.38 bits per heavy atom. The van der Waals surface area contributed by atoms with Crippen molar-refractivity contribution in [2.75, 3.05) is 11.4 Å². The van der Waals surface area contributed by atoms with Gasteiger partial charge >= 0.3 is 0 Å². The molecule has 1 unspecified atom stereocenters. The Balaban J connectivity index is 2.41. The van der Waals surface area contributed by atoms with Crippen molar-refractivity contribution in [1.82, 2.24) is 0 Å². The molecule has 3 nitrogen and oxygen atoms in total. The average Bonchev–Trinajstić information content (AvgIpc) is 2.54. The summed E-state index contributed by atoms with van der Waals surface area (Å²) < 4.78 is 26.9. The molecule has 5 heteroatoms. The van der Waals surface area contributed by atoms with Gasteiger partial charge in [-0.05, 0) is 25.0 Å². The molecule has 0 aliphatic carbocycles. The highest BCUT2D eigenvalue weighted by atomic mass is 19.1. The van der Waals surface area contributed by atoms with Crippen LogP contribution in [0.3, 0.4) is 0 Å². The molecule has 1 heterocycles. The lowest BCUT2D eigenvalue weighted by molar-refractivity contribution is -0.118. The van der Waals surface area contributed by atoms with Crippen LogP contribution in [0, 0.1) is 18.6 Å². The molecule has 2 N–H and O–H groups in total. The van der Waals surface area contributed by atoms with Crippen LogP contribution in [0.2, 0.25) is 0 Å². The number of benzene rings is 1. The van der Waals surface area contributed by atoms with Gasteiger partial charge in [0.25, 0.3) is 0 Å². The summed E-state index contributed by atoms with van der Waals surface area (Å²) in [5.41, 5.74) is 5.71. The third-order valence-corrected chi connectivity index (χ3v) is 2.77. The van der Waals surface area contributed by atoms with Crippen molar-refractivity contribution in [3.63, 3.8) is 0 Å². The van der Waals surface area contributed by atoms with E-state index in [2.05, 4.69) is 0 Å². The van der Waals surface area contributed by atoms with Gasteiger partial charge in [-0.3, -0.25) is 4.79 Å². The monoisotopic (exact) mass is 226 g/mol. The zero-order valence-electron chi connectivity index (χ0n) is 8.84.